The lowest BCUT2D eigenvalue weighted by Crippen LogP contribution is -2.34. The third kappa shape index (κ3) is 3.69. The van der Waals surface area contributed by atoms with Crippen LogP contribution in [0.2, 0.25) is 0 Å². The predicted octanol–water partition coefficient (Wildman–Crippen LogP) is 0.413. The molecule has 0 bridgehead atoms. The Labute approximate surface area is 102 Å². The third-order valence-electron chi connectivity index (χ3n) is 2.12. The maximum Gasteiger partial charge on any atom is 0.254 e. The van der Waals surface area contributed by atoms with E-state index in [-0.39, 0.29) is 30.2 Å². The second kappa shape index (κ2) is 5.95. The monoisotopic (exact) mass is 257 g/mol. The van der Waals surface area contributed by atoms with E-state index in [0.29, 0.717) is 6.07 Å². The quantitative estimate of drug-likeness (QED) is 0.539. The maximum absolute atomic E-state index is 13.3. The number of carbonyl (C=O) groups excluding carboxylic acids is 2. The van der Waals surface area contributed by atoms with Crippen molar-refractivity contribution in [3.05, 3.63) is 29.3 Å². The smallest absolute Gasteiger partial charge is 0.254 e. The first-order chi connectivity index (χ1) is 8.41. The van der Waals surface area contributed by atoms with Crippen molar-refractivity contribution >= 4 is 17.5 Å². The standard InChI is InChI=1S/C11H13F2N3O2/c1-6(17)15-2-3-16-11(18)7-4-10(14)9(13)5-8(7)12/h4-5H,2-3,14H2,1H3,(H,15,17)(H,16,18). The van der Waals surface area contributed by atoms with Gasteiger partial charge < -0.3 is 16.4 Å². The lowest BCUT2D eigenvalue weighted by atomic mass is 10.1. The minimum Gasteiger partial charge on any atom is -0.396 e. The van der Waals surface area contributed by atoms with Crippen LogP contribution in [-0.4, -0.2) is 24.9 Å². The van der Waals surface area contributed by atoms with Crippen molar-refractivity contribution in [1.82, 2.24) is 10.6 Å². The molecule has 7 heteroatoms. The highest BCUT2D eigenvalue weighted by atomic mass is 19.1. The number of nitrogens with one attached hydrogen (secondary N) is 2. The zero-order valence-corrected chi connectivity index (χ0v) is 9.72. The molecule has 0 aromatic heterocycles. The largest absolute Gasteiger partial charge is 0.396 e. The summed E-state index contributed by atoms with van der Waals surface area (Å²) in [6.07, 6.45) is 0. The van der Waals surface area contributed by atoms with Gasteiger partial charge in [-0.05, 0) is 6.07 Å². The van der Waals surface area contributed by atoms with Gasteiger partial charge in [0.25, 0.3) is 5.91 Å². The fraction of sp³-hybridized carbons (Fsp3) is 0.273. The van der Waals surface area contributed by atoms with E-state index in [1.165, 1.54) is 6.92 Å². The molecule has 1 rings (SSSR count). The van der Waals surface area contributed by atoms with Crippen molar-refractivity contribution in [3.63, 3.8) is 0 Å². The minimum atomic E-state index is -0.987. The van der Waals surface area contributed by atoms with Crippen LogP contribution in [0.1, 0.15) is 17.3 Å². The molecule has 98 valence electrons. The van der Waals surface area contributed by atoms with Crippen LogP contribution < -0.4 is 16.4 Å². The number of amides is 2. The molecule has 0 aliphatic carbocycles. The van der Waals surface area contributed by atoms with Crippen LogP contribution in [0.4, 0.5) is 14.5 Å². The van der Waals surface area contributed by atoms with Crippen LogP contribution in [0.15, 0.2) is 12.1 Å². The average Bonchev–Trinajstić information content (AvgIpc) is 2.28. The van der Waals surface area contributed by atoms with E-state index in [1.807, 2.05) is 0 Å². The van der Waals surface area contributed by atoms with E-state index in [4.69, 9.17) is 5.73 Å². The molecule has 0 spiro atoms. The molecule has 0 unspecified atom stereocenters. The van der Waals surface area contributed by atoms with Crippen LogP contribution in [0.25, 0.3) is 0 Å². The van der Waals surface area contributed by atoms with Gasteiger partial charge in [-0.1, -0.05) is 0 Å². The van der Waals surface area contributed by atoms with Crippen molar-refractivity contribution in [2.75, 3.05) is 18.8 Å². The summed E-state index contributed by atoms with van der Waals surface area (Å²) in [5, 5.41) is 4.83. The van der Waals surface area contributed by atoms with Gasteiger partial charge in [-0.2, -0.15) is 0 Å². The highest BCUT2D eigenvalue weighted by Crippen LogP contribution is 2.16. The zero-order chi connectivity index (χ0) is 13.7. The molecular weight excluding hydrogens is 244 g/mol. The summed E-state index contributed by atoms with van der Waals surface area (Å²) in [6.45, 7) is 1.69. The van der Waals surface area contributed by atoms with Crippen LogP contribution in [0.5, 0.6) is 0 Å². The molecular formula is C11H13F2N3O2. The molecule has 18 heavy (non-hydrogen) atoms. The molecule has 1 aromatic rings. The zero-order valence-electron chi connectivity index (χ0n) is 9.72. The lowest BCUT2D eigenvalue weighted by Gasteiger charge is -2.07. The fourth-order valence-corrected chi connectivity index (χ4v) is 1.25. The first-order valence-electron chi connectivity index (χ1n) is 5.19. The number of halogens is 2. The predicted molar refractivity (Wildman–Crippen MR) is 61.8 cm³/mol. The van der Waals surface area contributed by atoms with E-state index in [1.54, 1.807) is 0 Å². The summed E-state index contributed by atoms with van der Waals surface area (Å²) in [4.78, 5) is 22.1. The first kappa shape index (κ1) is 13.9. The second-order valence-corrected chi connectivity index (χ2v) is 3.59. The number of rotatable bonds is 4. The second-order valence-electron chi connectivity index (χ2n) is 3.59. The maximum atomic E-state index is 13.3. The van der Waals surface area contributed by atoms with Crippen LogP contribution in [0, 0.1) is 11.6 Å². The van der Waals surface area contributed by atoms with Gasteiger partial charge in [-0.3, -0.25) is 9.59 Å². The van der Waals surface area contributed by atoms with Gasteiger partial charge in [-0.15, -0.1) is 0 Å². The number of hydrogen-bond acceptors (Lipinski definition) is 3. The number of nitrogens with two attached hydrogens (primary N) is 1. The van der Waals surface area contributed by atoms with Gasteiger partial charge in [-0.25, -0.2) is 8.78 Å². The third-order valence-corrected chi connectivity index (χ3v) is 2.12. The highest BCUT2D eigenvalue weighted by Gasteiger charge is 2.14. The van der Waals surface area contributed by atoms with Crippen molar-refractivity contribution in [3.8, 4) is 0 Å². The van der Waals surface area contributed by atoms with Crippen LogP contribution in [-0.2, 0) is 4.79 Å². The summed E-state index contributed by atoms with van der Waals surface area (Å²) in [5.74, 6) is -2.85. The van der Waals surface area contributed by atoms with Crippen molar-refractivity contribution < 1.29 is 18.4 Å². The molecule has 0 saturated carbocycles. The Morgan fingerprint density at radius 1 is 1.17 bits per heavy atom. The molecule has 4 N–H and O–H groups in total. The number of nitrogen functional groups attached to an aromatic ring is 1. The molecule has 5 nitrogen and oxygen atoms in total. The van der Waals surface area contributed by atoms with Crippen LogP contribution >= 0.6 is 0 Å². The molecule has 0 atom stereocenters. The first-order valence-corrected chi connectivity index (χ1v) is 5.19. The Balaban J connectivity index is 2.62. The Kier molecular flexibility index (Phi) is 4.59. The summed E-state index contributed by atoms with van der Waals surface area (Å²) in [5.41, 5.74) is 4.60. The highest BCUT2D eigenvalue weighted by molar-refractivity contribution is 5.95. The topological polar surface area (TPSA) is 84.2 Å². The SMILES string of the molecule is CC(=O)NCCNC(=O)c1cc(N)c(F)cc1F. The molecule has 0 saturated heterocycles. The van der Waals surface area contributed by atoms with Gasteiger partial charge in [0.1, 0.15) is 11.6 Å². The van der Waals surface area contributed by atoms with Crippen molar-refractivity contribution in [1.29, 1.82) is 0 Å². The van der Waals surface area contributed by atoms with Gasteiger partial charge >= 0.3 is 0 Å². The summed E-state index contributed by atoms with van der Waals surface area (Å²) in [7, 11) is 0. The van der Waals surface area contributed by atoms with Crippen molar-refractivity contribution in [2.45, 2.75) is 6.92 Å². The summed E-state index contributed by atoms with van der Waals surface area (Å²) in [6, 6.07) is 1.48. The van der Waals surface area contributed by atoms with E-state index in [2.05, 4.69) is 10.6 Å². The molecule has 0 aliphatic heterocycles. The van der Waals surface area contributed by atoms with Gasteiger partial charge in [0.2, 0.25) is 5.91 Å². The number of benzene rings is 1. The summed E-state index contributed by atoms with van der Waals surface area (Å²) >= 11 is 0. The molecule has 0 fully saturated rings. The normalized spacial score (nSPS) is 9.94. The van der Waals surface area contributed by atoms with Gasteiger partial charge in [0, 0.05) is 26.1 Å². The molecule has 1 aromatic carbocycles. The Morgan fingerprint density at radius 3 is 2.39 bits per heavy atom. The van der Waals surface area contributed by atoms with Gasteiger partial charge in [0.05, 0.1) is 11.3 Å². The van der Waals surface area contributed by atoms with Crippen molar-refractivity contribution in [2.24, 2.45) is 0 Å². The number of anilines is 1. The fourth-order valence-electron chi connectivity index (χ4n) is 1.25. The Bertz CT molecular complexity index is 478. The van der Waals surface area contributed by atoms with Crippen LogP contribution in [0.3, 0.4) is 0 Å². The molecule has 0 aliphatic rings. The van der Waals surface area contributed by atoms with E-state index in [9.17, 15) is 18.4 Å². The lowest BCUT2D eigenvalue weighted by molar-refractivity contribution is -0.118. The van der Waals surface area contributed by atoms with E-state index < -0.39 is 17.5 Å². The Morgan fingerprint density at radius 2 is 1.78 bits per heavy atom. The number of hydrogen-bond donors (Lipinski definition) is 3. The Hall–Kier alpha value is -2.18. The molecule has 0 heterocycles. The van der Waals surface area contributed by atoms with E-state index in [0.717, 1.165) is 6.07 Å². The summed E-state index contributed by atoms with van der Waals surface area (Å²) < 4.78 is 26.2. The molecule has 0 radical (unpaired) electrons. The number of carbonyl (C=O) groups is 2. The average molecular weight is 257 g/mol. The minimum absolute atomic E-state index is 0.134. The van der Waals surface area contributed by atoms with Gasteiger partial charge in [0.15, 0.2) is 0 Å². The van der Waals surface area contributed by atoms with E-state index >= 15 is 0 Å². The molecule has 2 amide bonds.